The number of piperazine rings is 1. The number of imidazole rings is 1. The molecule has 9 heteroatoms. The number of aromatic amines is 1. The first-order valence-electron chi connectivity index (χ1n) is 13.8. The maximum atomic E-state index is 12.9. The number of aryl methyl sites for hydroxylation is 2. The molecule has 1 aliphatic rings. The number of aromatic nitrogens is 4. The van der Waals surface area contributed by atoms with E-state index >= 15 is 0 Å². The molecule has 0 aliphatic carbocycles. The van der Waals surface area contributed by atoms with E-state index in [4.69, 9.17) is 4.98 Å². The predicted octanol–water partition coefficient (Wildman–Crippen LogP) is 3.81. The van der Waals surface area contributed by atoms with Crippen molar-refractivity contribution >= 4 is 17.4 Å². The standard InChI is InChI=1S/C30H37N7O2/c1-5-6-23-15-21(4)33-29(38)25(23)18-32-30(39)26-19-37-10-9-22(16-28(37)34-26)24-7-8-27(31-17-24)36-13-11-35(12-14-36)20(2)3/h7-10,15-17,19-20H,5-6,11-14,18H2,1-4H3,(H,32,39)(H,33,38). The van der Waals surface area contributed by atoms with Gasteiger partial charge in [-0.05, 0) is 68.7 Å². The van der Waals surface area contributed by atoms with Gasteiger partial charge in [0.15, 0.2) is 0 Å². The molecule has 0 spiro atoms. The number of anilines is 1. The molecule has 0 radical (unpaired) electrons. The quantitative estimate of drug-likeness (QED) is 0.362. The van der Waals surface area contributed by atoms with Crippen molar-refractivity contribution in [1.29, 1.82) is 0 Å². The number of fused-ring (bicyclic) bond motifs is 1. The molecular formula is C30H37N7O2. The molecule has 5 rings (SSSR count). The Morgan fingerprint density at radius 2 is 1.90 bits per heavy atom. The molecule has 4 aromatic rings. The minimum Gasteiger partial charge on any atom is -0.354 e. The van der Waals surface area contributed by atoms with Crippen LogP contribution in [0.15, 0.2) is 53.7 Å². The van der Waals surface area contributed by atoms with Crippen LogP contribution in [-0.2, 0) is 13.0 Å². The van der Waals surface area contributed by atoms with Crippen molar-refractivity contribution in [2.45, 2.75) is 53.1 Å². The van der Waals surface area contributed by atoms with E-state index in [1.165, 1.54) is 0 Å². The summed E-state index contributed by atoms with van der Waals surface area (Å²) in [5.74, 6) is 0.684. The smallest absolute Gasteiger partial charge is 0.271 e. The van der Waals surface area contributed by atoms with E-state index in [2.05, 4.69) is 58.0 Å². The van der Waals surface area contributed by atoms with Crippen LogP contribution >= 0.6 is 0 Å². The van der Waals surface area contributed by atoms with Crippen molar-refractivity contribution in [3.63, 3.8) is 0 Å². The second-order valence-electron chi connectivity index (χ2n) is 10.5. The fraction of sp³-hybridized carbons (Fsp3) is 0.400. The highest BCUT2D eigenvalue weighted by Gasteiger charge is 2.20. The SMILES string of the molecule is CCCc1cc(C)[nH]c(=O)c1CNC(=O)c1cn2ccc(-c3ccc(N4CCN(C(C)C)CC4)nc3)cc2n1. The van der Waals surface area contributed by atoms with Gasteiger partial charge in [-0.1, -0.05) is 13.3 Å². The van der Waals surface area contributed by atoms with Crippen LogP contribution in [0.25, 0.3) is 16.8 Å². The normalized spacial score (nSPS) is 14.3. The van der Waals surface area contributed by atoms with Crippen molar-refractivity contribution in [3.8, 4) is 11.1 Å². The zero-order chi connectivity index (χ0) is 27.5. The van der Waals surface area contributed by atoms with Crippen molar-refractivity contribution in [3.05, 3.63) is 81.8 Å². The second-order valence-corrected chi connectivity index (χ2v) is 10.5. The molecule has 1 fully saturated rings. The first-order chi connectivity index (χ1) is 18.8. The van der Waals surface area contributed by atoms with Gasteiger partial charge in [0.25, 0.3) is 11.5 Å². The number of pyridine rings is 3. The molecule has 5 heterocycles. The number of nitrogens with one attached hydrogen (secondary N) is 2. The molecule has 0 atom stereocenters. The summed E-state index contributed by atoms with van der Waals surface area (Å²) in [5, 5.41) is 2.88. The van der Waals surface area contributed by atoms with Crippen LogP contribution in [-0.4, -0.2) is 62.4 Å². The molecule has 0 saturated carbocycles. The van der Waals surface area contributed by atoms with E-state index in [1.54, 1.807) is 6.20 Å². The summed E-state index contributed by atoms with van der Waals surface area (Å²) in [6.07, 6.45) is 7.22. The molecule has 1 aliphatic heterocycles. The maximum absolute atomic E-state index is 12.9. The number of carbonyl (C=O) groups excluding carboxylic acids is 1. The minimum absolute atomic E-state index is 0.157. The van der Waals surface area contributed by atoms with E-state index in [-0.39, 0.29) is 18.0 Å². The van der Waals surface area contributed by atoms with E-state index < -0.39 is 0 Å². The highest BCUT2D eigenvalue weighted by molar-refractivity contribution is 5.93. The largest absolute Gasteiger partial charge is 0.354 e. The molecule has 204 valence electrons. The van der Waals surface area contributed by atoms with Gasteiger partial charge in [0.2, 0.25) is 0 Å². The van der Waals surface area contributed by atoms with E-state index in [0.29, 0.717) is 22.9 Å². The van der Waals surface area contributed by atoms with Crippen molar-refractivity contribution in [2.75, 3.05) is 31.1 Å². The zero-order valence-electron chi connectivity index (χ0n) is 23.2. The summed E-state index contributed by atoms with van der Waals surface area (Å²) in [4.78, 5) is 42.4. The third-order valence-corrected chi connectivity index (χ3v) is 7.45. The lowest BCUT2D eigenvalue weighted by molar-refractivity contribution is 0.0946. The van der Waals surface area contributed by atoms with E-state index in [9.17, 15) is 9.59 Å². The lowest BCUT2D eigenvalue weighted by atomic mass is 10.0. The van der Waals surface area contributed by atoms with Crippen molar-refractivity contribution in [1.82, 2.24) is 29.6 Å². The third-order valence-electron chi connectivity index (χ3n) is 7.45. The average molecular weight is 528 g/mol. The Morgan fingerprint density at radius 3 is 2.59 bits per heavy atom. The number of hydrogen-bond acceptors (Lipinski definition) is 6. The molecule has 0 aromatic carbocycles. The van der Waals surface area contributed by atoms with Gasteiger partial charge in [0, 0.05) is 74.2 Å². The fourth-order valence-corrected chi connectivity index (χ4v) is 5.21. The number of hydrogen-bond donors (Lipinski definition) is 2. The Kier molecular flexibility index (Phi) is 7.79. The lowest BCUT2D eigenvalue weighted by Gasteiger charge is -2.37. The van der Waals surface area contributed by atoms with Gasteiger partial charge in [-0.3, -0.25) is 14.5 Å². The Hall–Kier alpha value is -3.98. The molecule has 1 saturated heterocycles. The van der Waals surface area contributed by atoms with Crippen LogP contribution in [0, 0.1) is 6.92 Å². The maximum Gasteiger partial charge on any atom is 0.271 e. The van der Waals surface area contributed by atoms with Crippen LogP contribution in [0.5, 0.6) is 0 Å². The Morgan fingerprint density at radius 1 is 1.10 bits per heavy atom. The van der Waals surface area contributed by atoms with Gasteiger partial charge < -0.3 is 19.6 Å². The van der Waals surface area contributed by atoms with Crippen LogP contribution in [0.2, 0.25) is 0 Å². The van der Waals surface area contributed by atoms with Crippen molar-refractivity contribution in [2.24, 2.45) is 0 Å². The molecule has 0 bridgehead atoms. The zero-order valence-corrected chi connectivity index (χ0v) is 23.2. The highest BCUT2D eigenvalue weighted by Crippen LogP contribution is 2.23. The average Bonchev–Trinajstić information content (AvgIpc) is 3.36. The van der Waals surface area contributed by atoms with Crippen molar-refractivity contribution < 1.29 is 4.79 Å². The van der Waals surface area contributed by atoms with Gasteiger partial charge in [-0.2, -0.15) is 0 Å². The van der Waals surface area contributed by atoms with Gasteiger partial charge in [0.05, 0.1) is 0 Å². The molecule has 0 unspecified atom stereocenters. The monoisotopic (exact) mass is 527 g/mol. The summed E-state index contributed by atoms with van der Waals surface area (Å²) < 4.78 is 1.83. The Balaban J connectivity index is 1.27. The summed E-state index contributed by atoms with van der Waals surface area (Å²) >= 11 is 0. The Bertz CT molecular complexity index is 1510. The first kappa shape index (κ1) is 26.6. The Labute approximate surface area is 228 Å². The number of carbonyl (C=O) groups is 1. The topological polar surface area (TPSA) is 98.6 Å². The molecule has 2 N–H and O–H groups in total. The third kappa shape index (κ3) is 5.88. The number of rotatable bonds is 8. The van der Waals surface area contributed by atoms with Crippen LogP contribution in [0.3, 0.4) is 0 Å². The number of H-pyrrole nitrogens is 1. The summed E-state index contributed by atoms with van der Waals surface area (Å²) in [6.45, 7) is 12.6. The van der Waals surface area contributed by atoms with Gasteiger partial charge >= 0.3 is 0 Å². The summed E-state index contributed by atoms with van der Waals surface area (Å²) in [5.41, 5.74) is 5.20. The number of nitrogens with zero attached hydrogens (tertiary/aromatic N) is 5. The minimum atomic E-state index is -0.314. The van der Waals surface area contributed by atoms with E-state index in [1.807, 2.05) is 41.9 Å². The fourth-order valence-electron chi connectivity index (χ4n) is 5.21. The molecule has 4 aromatic heterocycles. The molecule has 1 amide bonds. The van der Waals surface area contributed by atoms with Crippen LogP contribution in [0.1, 0.15) is 54.5 Å². The summed E-state index contributed by atoms with van der Waals surface area (Å²) in [7, 11) is 0. The lowest BCUT2D eigenvalue weighted by Crippen LogP contribution is -2.49. The van der Waals surface area contributed by atoms with Crippen LogP contribution < -0.4 is 15.8 Å². The highest BCUT2D eigenvalue weighted by atomic mass is 16.2. The first-order valence-corrected chi connectivity index (χ1v) is 13.8. The summed E-state index contributed by atoms with van der Waals surface area (Å²) in [6, 6.07) is 10.7. The molecule has 9 nitrogen and oxygen atoms in total. The second kappa shape index (κ2) is 11.4. The predicted molar refractivity (Wildman–Crippen MR) is 154 cm³/mol. The number of amides is 1. The molecule has 39 heavy (non-hydrogen) atoms. The van der Waals surface area contributed by atoms with Gasteiger partial charge in [-0.15, -0.1) is 0 Å². The molecular weight excluding hydrogens is 490 g/mol. The van der Waals surface area contributed by atoms with E-state index in [0.717, 1.165) is 67.2 Å². The van der Waals surface area contributed by atoms with Crippen LogP contribution in [0.4, 0.5) is 5.82 Å². The van der Waals surface area contributed by atoms with Gasteiger partial charge in [-0.25, -0.2) is 9.97 Å². The van der Waals surface area contributed by atoms with Gasteiger partial charge in [0.1, 0.15) is 17.2 Å².